The number of carbonyl (C=O) groups excluding carboxylic acids is 1. The van der Waals surface area contributed by atoms with Crippen molar-refractivity contribution in [3.63, 3.8) is 0 Å². The Morgan fingerprint density at radius 2 is 1.95 bits per heavy atom. The van der Waals surface area contributed by atoms with Crippen LogP contribution in [0.3, 0.4) is 0 Å². The van der Waals surface area contributed by atoms with Gasteiger partial charge in [-0.2, -0.15) is 0 Å². The van der Waals surface area contributed by atoms with Gasteiger partial charge in [-0.1, -0.05) is 19.1 Å². The fourth-order valence-corrected chi connectivity index (χ4v) is 2.64. The van der Waals surface area contributed by atoms with E-state index in [1.165, 1.54) is 0 Å². The van der Waals surface area contributed by atoms with Crippen LogP contribution < -0.4 is 5.32 Å². The molecule has 21 heavy (non-hydrogen) atoms. The van der Waals surface area contributed by atoms with Crippen molar-refractivity contribution in [3.05, 3.63) is 11.9 Å². The molecule has 0 saturated carbocycles. The maximum absolute atomic E-state index is 12.4. The molecule has 7 heteroatoms. The van der Waals surface area contributed by atoms with Crippen molar-refractivity contribution in [1.82, 2.24) is 25.2 Å². The van der Waals surface area contributed by atoms with Crippen molar-refractivity contribution in [3.8, 4) is 0 Å². The molecule has 1 fully saturated rings. The monoisotopic (exact) mass is 315 g/mol. The van der Waals surface area contributed by atoms with E-state index in [1.54, 1.807) is 0 Å². The van der Waals surface area contributed by atoms with Gasteiger partial charge in [-0.25, -0.2) is 4.68 Å². The van der Waals surface area contributed by atoms with Gasteiger partial charge in [0.2, 0.25) is 0 Å². The zero-order valence-electron chi connectivity index (χ0n) is 12.9. The number of amides is 1. The number of nitrogens with zero attached hydrogens (tertiary/aromatic N) is 4. The van der Waals surface area contributed by atoms with Crippen LogP contribution in [-0.4, -0.2) is 52.0 Å². The van der Waals surface area contributed by atoms with Crippen LogP contribution in [0.1, 0.15) is 56.1 Å². The highest BCUT2D eigenvalue weighted by Crippen LogP contribution is 2.17. The number of carbonyl (C=O) groups is 1. The first kappa shape index (κ1) is 17.9. The Morgan fingerprint density at radius 3 is 2.52 bits per heavy atom. The Bertz CT molecular complexity index is 425. The Hall–Kier alpha value is -1.14. The standard InChI is InChI=1S/C14H25N5O.ClH/c1-3-9-18(10-4-2)14(20)13-11-19(17-16-13)12-5-7-15-8-6-12;/h11-12,15H,3-10H2,1-2H3;1H. The van der Waals surface area contributed by atoms with E-state index >= 15 is 0 Å². The number of halogens is 1. The molecular weight excluding hydrogens is 290 g/mol. The lowest BCUT2D eigenvalue weighted by Gasteiger charge is -2.22. The van der Waals surface area contributed by atoms with Gasteiger partial charge in [0.25, 0.3) is 5.91 Å². The summed E-state index contributed by atoms with van der Waals surface area (Å²) in [6, 6.07) is 0.371. The summed E-state index contributed by atoms with van der Waals surface area (Å²) < 4.78 is 1.87. The second-order valence-electron chi connectivity index (χ2n) is 5.36. The topological polar surface area (TPSA) is 63.1 Å². The third-order valence-electron chi connectivity index (χ3n) is 3.69. The SMILES string of the molecule is CCCN(CCC)C(=O)c1cn(C2CCNCC2)nn1.Cl. The fourth-order valence-electron chi connectivity index (χ4n) is 2.64. The summed E-state index contributed by atoms with van der Waals surface area (Å²) in [7, 11) is 0. The largest absolute Gasteiger partial charge is 0.337 e. The molecule has 1 saturated heterocycles. The van der Waals surface area contributed by atoms with Crippen LogP contribution in [0, 0.1) is 0 Å². The van der Waals surface area contributed by atoms with E-state index in [-0.39, 0.29) is 18.3 Å². The molecule has 0 aromatic carbocycles. The summed E-state index contributed by atoms with van der Waals surface area (Å²) in [5, 5.41) is 11.6. The minimum Gasteiger partial charge on any atom is -0.337 e. The first-order chi connectivity index (χ1) is 9.76. The average molecular weight is 316 g/mol. The summed E-state index contributed by atoms with van der Waals surface area (Å²) in [5.41, 5.74) is 0.477. The molecule has 0 unspecified atom stereocenters. The number of aromatic nitrogens is 3. The van der Waals surface area contributed by atoms with Crippen LogP contribution >= 0.6 is 12.4 Å². The second-order valence-corrected chi connectivity index (χ2v) is 5.36. The predicted molar refractivity (Wildman–Crippen MR) is 84.9 cm³/mol. The Labute approximate surface area is 132 Å². The zero-order valence-corrected chi connectivity index (χ0v) is 13.7. The molecule has 2 rings (SSSR count). The fraction of sp³-hybridized carbons (Fsp3) is 0.786. The molecule has 0 spiro atoms. The minimum atomic E-state index is 0. The van der Waals surface area contributed by atoms with E-state index in [4.69, 9.17) is 0 Å². The molecule has 0 radical (unpaired) electrons. The molecule has 0 bridgehead atoms. The quantitative estimate of drug-likeness (QED) is 0.870. The highest BCUT2D eigenvalue weighted by molar-refractivity contribution is 5.91. The van der Waals surface area contributed by atoms with Crippen molar-refractivity contribution in [2.75, 3.05) is 26.2 Å². The summed E-state index contributed by atoms with van der Waals surface area (Å²) in [5.74, 6) is 0.00823. The highest BCUT2D eigenvalue weighted by atomic mass is 35.5. The number of piperidine rings is 1. The average Bonchev–Trinajstić information content (AvgIpc) is 2.97. The third-order valence-corrected chi connectivity index (χ3v) is 3.69. The Morgan fingerprint density at radius 1 is 1.33 bits per heavy atom. The Balaban J connectivity index is 0.00000220. The molecule has 120 valence electrons. The van der Waals surface area contributed by atoms with Gasteiger partial charge in [0.1, 0.15) is 0 Å². The molecule has 1 N–H and O–H groups in total. The highest BCUT2D eigenvalue weighted by Gasteiger charge is 2.21. The van der Waals surface area contributed by atoms with Crippen LogP contribution in [0.2, 0.25) is 0 Å². The molecule has 0 aliphatic carbocycles. The van der Waals surface area contributed by atoms with E-state index in [0.717, 1.165) is 51.9 Å². The van der Waals surface area contributed by atoms with E-state index in [2.05, 4.69) is 29.5 Å². The van der Waals surface area contributed by atoms with E-state index in [1.807, 2.05) is 15.8 Å². The van der Waals surface area contributed by atoms with Gasteiger partial charge in [-0.3, -0.25) is 4.79 Å². The van der Waals surface area contributed by atoms with E-state index < -0.39 is 0 Å². The lowest BCUT2D eigenvalue weighted by molar-refractivity contribution is 0.0749. The third kappa shape index (κ3) is 4.68. The summed E-state index contributed by atoms with van der Waals surface area (Å²) >= 11 is 0. The lowest BCUT2D eigenvalue weighted by atomic mass is 10.1. The number of nitrogens with one attached hydrogen (secondary N) is 1. The van der Waals surface area contributed by atoms with Gasteiger partial charge in [0.15, 0.2) is 5.69 Å². The van der Waals surface area contributed by atoms with Gasteiger partial charge < -0.3 is 10.2 Å². The molecule has 1 aromatic heterocycles. The number of rotatable bonds is 6. The molecule has 1 aliphatic heterocycles. The van der Waals surface area contributed by atoms with Crippen LogP contribution in [-0.2, 0) is 0 Å². The molecule has 1 aliphatic rings. The first-order valence-electron chi connectivity index (χ1n) is 7.68. The van der Waals surface area contributed by atoms with Gasteiger partial charge in [0.05, 0.1) is 12.2 Å². The van der Waals surface area contributed by atoms with Crippen molar-refractivity contribution in [1.29, 1.82) is 0 Å². The lowest BCUT2D eigenvalue weighted by Crippen LogP contribution is -2.32. The molecular formula is C14H26ClN5O. The molecule has 1 amide bonds. The van der Waals surface area contributed by atoms with Gasteiger partial charge in [0, 0.05) is 13.1 Å². The van der Waals surface area contributed by atoms with Gasteiger partial charge in [-0.05, 0) is 38.8 Å². The molecule has 6 nitrogen and oxygen atoms in total. The van der Waals surface area contributed by atoms with Crippen molar-refractivity contribution >= 4 is 18.3 Å². The van der Waals surface area contributed by atoms with Crippen LogP contribution in [0.4, 0.5) is 0 Å². The first-order valence-corrected chi connectivity index (χ1v) is 7.68. The predicted octanol–water partition coefficient (Wildman–Crippen LogP) is 1.89. The van der Waals surface area contributed by atoms with Crippen molar-refractivity contribution in [2.24, 2.45) is 0 Å². The Kier molecular flexibility index (Phi) is 7.67. The van der Waals surface area contributed by atoms with Crippen LogP contribution in [0.25, 0.3) is 0 Å². The van der Waals surface area contributed by atoms with E-state index in [0.29, 0.717) is 11.7 Å². The number of hydrogen-bond donors (Lipinski definition) is 1. The maximum Gasteiger partial charge on any atom is 0.276 e. The molecule has 1 aromatic rings. The van der Waals surface area contributed by atoms with Crippen LogP contribution in [0.15, 0.2) is 6.20 Å². The second kappa shape index (κ2) is 9.00. The maximum atomic E-state index is 12.4. The minimum absolute atomic E-state index is 0. The van der Waals surface area contributed by atoms with Gasteiger partial charge in [-0.15, -0.1) is 17.5 Å². The number of hydrogen-bond acceptors (Lipinski definition) is 4. The van der Waals surface area contributed by atoms with Crippen molar-refractivity contribution < 1.29 is 4.79 Å². The van der Waals surface area contributed by atoms with Crippen LogP contribution in [0.5, 0.6) is 0 Å². The summed E-state index contributed by atoms with van der Waals surface area (Å²) in [4.78, 5) is 14.3. The van der Waals surface area contributed by atoms with Crippen molar-refractivity contribution in [2.45, 2.75) is 45.6 Å². The molecule has 2 heterocycles. The summed E-state index contributed by atoms with van der Waals surface area (Å²) in [6.07, 6.45) is 5.84. The van der Waals surface area contributed by atoms with E-state index in [9.17, 15) is 4.79 Å². The smallest absolute Gasteiger partial charge is 0.276 e. The molecule has 0 atom stereocenters. The van der Waals surface area contributed by atoms with Gasteiger partial charge >= 0.3 is 0 Å². The normalized spacial score (nSPS) is 15.5. The zero-order chi connectivity index (χ0) is 14.4. The summed E-state index contributed by atoms with van der Waals surface area (Å²) in [6.45, 7) is 7.75.